The predicted octanol–water partition coefficient (Wildman–Crippen LogP) is 4.53. The van der Waals surface area contributed by atoms with Crippen LogP contribution in [0, 0.1) is 5.92 Å². The Morgan fingerprint density at radius 1 is 0.952 bits per heavy atom. The van der Waals surface area contributed by atoms with Gasteiger partial charge in [-0.25, -0.2) is 0 Å². The van der Waals surface area contributed by atoms with Crippen molar-refractivity contribution in [2.75, 3.05) is 0 Å². The molecule has 2 atom stereocenters. The second-order valence-electron chi connectivity index (χ2n) is 5.13. The molecule has 0 N–H and O–H groups in total. The molecule has 0 aliphatic heterocycles. The van der Waals surface area contributed by atoms with Gasteiger partial charge >= 0.3 is 0 Å². The number of carbonyl (C=O) groups is 2. The van der Waals surface area contributed by atoms with Gasteiger partial charge < -0.3 is 0 Å². The number of hydrogen-bond donors (Lipinski definition) is 0. The quantitative estimate of drug-likeness (QED) is 0.600. The number of Topliss-reactive ketones (excluding diaryl/α,β-unsaturated/α-hetero) is 2. The minimum absolute atomic E-state index is 0.142. The van der Waals surface area contributed by atoms with Gasteiger partial charge in [0.1, 0.15) is 5.78 Å². The third-order valence-electron chi connectivity index (χ3n) is 3.67. The first-order chi connectivity index (χ1) is 10.0. The summed E-state index contributed by atoms with van der Waals surface area (Å²) in [4.78, 5) is 24.7. The van der Waals surface area contributed by atoms with Crippen LogP contribution in [0.2, 0.25) is 5.02 Å². The number of carbonyl (C=O) groups excluding carboxylic acids is 2. The summed E-state index contributed by atoms with van der Waals surface area (Å²) >= 11 is 6.20. The smallest absolute Gasteiger partial charge is 0.173 e. The lowest BCUT2D eigenvalue weighted by atomic mass is 9.80. The van der Waals surface area contributed by atoms with Gasteiger partial charge in [0.2, 0.25) is 0 Å². The van der Waals surface area contributed by atoms with Crippen LogP contribution >= 0.6 is 11.6 Å². The van der Waals surface area contributed by atoms with Crippen molar-refractivity contribution in [2.45, 2.75) is 19.8 Å². The predicted molar refractivity (Wildman–Crippen MR) is 84.8 cm³/mol. The van der Waals surface area contributed by atoms with Crippen molar-refractivity contribution in [2.24, 2.45) is 5.92 Å². The second kappa shape index (κ2) is 6.68. The topological polar surface area (TPSA) is 34.1 Å². The van der Waals surface area contributed by atoms with Crippen LogP contribution < -0.4 is 0 Å². The van der Waals surface area contributed by atoms with Crippen molar-refractivity contribution in [3.63, 3.8) is 0 Å². The van der Waals surface area contributed by atoms with E-state index in [9.17, 15) is 9.59 Å². The molecule has 0 aromatic heterocycles. The van der Waals surface area contributed by atoms with Gasteiger partial charge in [0.15, 0.2) is 5.78 Å². The fourth-order valence-corrected chi connectivity index (χ4v) is 2.88. The van der Waals surface area contributed by atoms with Crippen LogP contribution in [-0.2, 0) is 4.79 Å². The Kier molecular flexibility index (Phi) is 4.92. The van der Waals surface area contributed by atoms with Crippen molar-refractivity contribution in [1.82, 2.24) is 0 Å². The van der Waals surface area contributed by atoms with Crippen molar-refractivity contribution >= 4 is 23.2 Å². The van der Waals surface area contributed by atoms with Crippen LogP contribution in [0.25, 0.3) is 0 Å². The van der Waals surface area contributed by atoms with Gasteiger partial charge in [0, 0.05) is 10.6 Å². The number of benzene rings is 2. The van der Waals surface area contributed by atoms with E-state index in [-0.39, 0.29) is 17.5 Å². The molecule has 21 heavy (non-hydrogen) atoms. The van der Waals surface area contributed by atoms with Crippen LogP contribution in [0.3, 0.4) is 0 Å². The summed E-state index contributed by atoms with van der Waals surface area (Å²) in [6, 6.07) is 16.2. The minimum Gasteiger partial charge on any atom is -0.299 e. The minimum atomic E-state index is -0.715. The molecule has 0 saturated carbocycles. The molecule has 0 spiro atoms. The molecule has 0 radical (unpaired) electrons. The molecule has 0 aliphatic carbocycles. The summed E-state index contributed by atoms with van der Waals surface area (Å²) in [6.07, 6.45) is 0. The van der Waals surface area contributed by atoms with E-state index in [0.717, 1.165) is 5.56 Å². The van der Waals surface area contributed by atoms with Gasteiger partial charge in [-0.05, 0) is 24.5 Å². The van der Waals surface area contributed by atoms with E-state index in [4.69, 9.17) is 11.6 Å². The zero-order valence-electron chi connectivity index (χ0n) is 12.0. The molecule has 2 nitrogen and oxygen atoms in total. The summed E-state index contributed by atoms with van der Waals surface area (Å²) < 4.78 is 0. The lowest BCUT2D eigenvalue weighted by Gasteiger charge is -2.22. The van der Waals surface area contributed by atoms with Crippen LogP contribution in [0.1, 0.15) is 35.7 Å². The normalized spacial score (nSPS) is 13.5. The van der Waals surface area contributed by atoms with Crippen molar-refractivity contribution in [3.05, 3.63) is 70.7 Å². The average molecular weight is 301 g/mol. The van der Waals surface area contributed by atoms with Crippen LogP contribution in [0.4, 0.5) is 0 Å². The molecular formula is C18H17ClO2. The fraction of sp³-hybridized carbons (Fsp3) is 0.222. The number of ketones is 2. The largest absolute Gasteiger partial charge is 0.299 e. The van der Waals surface area contributed by atoms with Crippen LogP contribution in [0.15, 0.2) is 54.6 Å². The van der Waals surface area contributed by atoms with E-state index in [0.29, 0.717) is 10.6 Å². The molecule has 108 valence electrons. The molecule has 2 aromatic carbocycles. The van der Waals surface area contributed by atoms with E-state index in [1.54, 1.807) is 30.3 Å². The first-order valence-corrected chi connectivity index (χ1v) is 7.24. The molecular weight excluding hydrogens is 284 g/mol. The van der Waals surface area contributed by atoms with Gasteiger partial charge in [-0.3, -0.25) is 9.59 Å². The second-order valence-corrected chi connectivity index (χ2v) is 5.54. The maximum atomic E-state index is 12.6. The first kappa shape index (κ1) is 15.5. The highest BCUT2D eigenvalue weighted by atomic mass is 35.5. The Morgan fingerprint density at radius 2 is 1.52 bits per heavy atom. The Labute approximate surface area is 129 Å². The SMILES string of the molecule is CC(=O)C(C(=O)c1ccccc1)C(C)c1ccccc1Cl. The van der Waals surface area contributed by atoms with E-state index >= 15 is 0 Å². The summed E-state index contributed by atoms with van der Waals surface area (Å²) in [5.74, 6) is -1.28. The molecule has 0 aliphatic rings. The molecule has 0 bridgehead atoms. The summed E-state index contributed by atoms with van der Waals surface area (Å²) in [6.45, 7) is 3.33. The van der Waals surface area contributed by atoms with E-state index < -0.39 is 5.92 Å². The van der Waals surface area contributed by atoms with Crippen molar-refractivity contribution < 1.29 is 9.59 Å². The lowest BCUT2D eigenvalue weighted by molar-refractivity contribution is -0.119. The number of hydrogen-bond acceptors (Lipinski definition) is 2. The summed E-state index contributed by atoms with van der Waals surface area (Å²) in [5, 5.41) is 0.581. The molecule has 2 aromatic rings. The molecule has 0 heterocycles. The average Bonchev–Trinajstić information content (AvgIpc) is 2.48. The van der Waals surface area contributed by atoms with Gasteiger partial charge in [0.25, 0.3) is 0 Å². The zero-order valence-corrected chi connectivity index (χ0v) is 12.8. The van der Waals surface area contributed by atoms with Gasteiger partial charge in [-0.15, -0.1) is 0 Å². The number of halogens is 1. The maximum absolute atomic E-state index is 12.6. The Bertz CT molecular complexity index is 649. The third kappa shape index (κ3) is 3.40. The third-order valence-corrected chi connectivity index (χ3v) is 4.02. The highest BCUT2D eigenvalue weighted by molar-refractivity contribution is 6.31. The molecule has 3 heteroatoms. The van der Waals surface area contributed by atoms with Crippen LogP contribution in [0.5, 0.6) is 0 Å². The molecule has 2 unspecified atom stereocenters. The highest BCUT2D eigenvalue weighted by Crippen LogP contribution is 2.32. The molecule has 0 saturated heterocycles. The van der Waals surface area contributed by atoms with Crippen molar-refractivity contribution in [3.8, 4) is 0 Å². The maximum Gasteiger partial charge on any atom is 0.173 e. The Hall–Kier alpha value is -1.93. The summed E-state index contributed by atoms with van der Waals surface area (Å²) in [5.41, 5.74) is 1.38. The Balaban J connectivity index is 2.38. The van der Waals surface area contributed by atoms with Crippen LogP contribution in [-0.4, -0.2) is 11.6 Å². The van der Waals surface area contributed by atoms with E-state index in [1.165, 1.54) is 6.92 Å². The Morgan fingerprint density at radius 3 is 2.10 bits per heavy atom. The van der Waals surface area contributed by atoms with Crippen molar-refractivity contribution in [1.29, 1.82) is 0 Å². The van der Waals surface area contributed by atoms with Gasteiger partial charge in [0.05, 0.1) is 5.92 Å². The first-order valence-electron chi connectivity index (χ1n) is 6.86. The monoisotopic (exact) mass is 300 g/mol. The van der Waals surface area contributed by atoms with Gasteiger partial charge in [-0.1, -0.05) is 67.1 Å². The highest BCUT2D eigenvalue weighted by Gasteiger charge is 2.31. The van der Waals surface area contributed by atoms with E-state index in [2.05, 4.69) is 0 Å². The van der Waals surface area contributed by atoms with E-state index in [1.807, 2.05) is 31.2 Å². The van der Waals surface area contributed by atoms with Gasteiger partial charge in [-0.2, -0.15) is 0 Å². The fourth-order valence-electron chi connectivity index (χ4n) is 2.57. The number of rotatable bonds is 5. The molecule has 0 amide bonds. The zero-order chi connectivity index (χ0) is 15.4. The lowest BCUT2D eigenvalue weighted by Crippen LogP contribution is -2.27. The summed E-state index contributed by atoms with van der Waals surface area (Å²) in [7, 11) is 0. The molecule has 2 rings (SSSR count). The standard InChI is InChI=1S/C18H17ClO2/c1-12(15-10-6-7-11-16(15)19)17(13(2)20)18(21)14-8-4-3-5-9-14/h3-12,17H,1-2H3. The molecule has 0 fully saturated rings.